The summed E-state index contributed by atoms with van der Waals surface area (Å²) in [6.45, 7) is 2.07. The van der Waals surface area contributed by atoms with E-state index in [4.69, 9.17) is 5.26 Å². The van der Waals surface area contributed by atoms with Gasteiger partial charge in [-0.15, -0.1) is 0 Å². The van der Waals surface area contributed by atoms with Gasteiger partial charge in [-0.25, -0.2) is 0 Å². The number of amides is 2. The number of nitriles is 1. The Balaban J connectivity index is 2.70. The van der Waals surface area contributed by atoms with Gasteiger partial charge in [-0.1, -0.05) is 24.3 Å². The SMILES string of the molecule is C/C=C/C(=O)NCc1ccccc1NC(=O)CC#N. The lowest BCUT2D eigenvalue weighted by molar-refractivity contribution is -0.116. The largest absolute Gasteiger partial charge is 0.348 e. The molecule has 0 aliphatic heterocycles. The Morgan fingerprint density at radius 3 is 2.79 bits per heavy atom. The predicted octanol–water partition coefficient (Wildman–Crippen LogP) is 1.73. The Morgan fingerprint density at radius 2 is 2.11 bits per heavy atom. The number of allylic oxidation sites excluding steroid dienone is 1. The van der Waals surface area contributed by atoms with Crippen LogP contribution >= 0.6 is 0 Å². The molecule has 0 saturated carbocycles. The summed E-state index contributed by atoms with van der Waals surface area (Å²) in [4.78, 5) is 22.7. The minimum Gasteiger partial charge on any atom is -0.348 e. The van der Waals surface area contributed by atoms with Crippen molar-refractivity contribution in [1.82, 2.24) is 5.32 Å². The second-order valence-corrected chi connectivity index (χ2v) is 3.76. The predicted molar refractivity (Wildman–Crippen MR) is 72.0 cm³/mol. The zero-order chi connectivity index (χ0) is 14.1. The standard InChI is InChI=1S/C14H15N3O2/c1-2-5-13(18)16-10-11-6-3-4-7-12(11)17-14(19)8-9-15/h2-7H,8,10H2,1H3,(H,16,18)(H,17,19)/b5-2+. The van der Waals surface area contributed by atoms with Crippen LogP contribution in [-0.4, -0.2) is 11.8 Å². The van der Waals surface area contributed by atoms with Crippen molar-refractivity contribution in [2.45, 2.75) is 19.9 Å². The topological polar surface area (TPSA) is 82.0 Å². The van der Waals surface area contributed by atoms with Crippen molar-refractivity contribution >= 4 is 17.5 Å². The molecule has 0 radical (unpaired) electrons. The Bertz CT molecular complexity index is 530. The van der Waals surface area contributed by atoms with E-state index in [-0.39, 0.29) is 18.2 Å². The lowest BCUT2D eigenvalue weighted by Gasteiger charge is -2.10. The number of carbonyl (C=O) groups excluding carboxylic acids is 2. The van der Waals surface area contributed by atoms with Crippen molar-refractivity contribution in [3.8, 4) is 6.07 Å². The van der Waals surface area contributed by atoms with E-state index in [0.717, 1.165) is 5.56 Å². The van der Waals surface area contributed by atoms with Crippen molar-refractivity contribution in [2.24, 2.45) is 0 Å². The molecular weight excluding hydrogens is 242 g/mol. The molecule has 0 fully saturated rings. The highest BCUT2D eigenvalue weighted by Gasteiger charge is 2.06. The van der Waals surface area contributed by atoms with Crippen LogP contribution in [0.4, 0.5) is 5.69 Å². The third-order valence-corrected chi connectivity index (χ3v) is 2.30. The minimum absolute atomic E-state index is 0.194. The van der Waals surface area contributed by atoms with Crippen LogP contribution in [0.2, 0.25) is 0 Å². The zero-order valence-corrected chi connectivity index (χ0v) is 10.6. The number of hydrogen-bond donors (Lipinski definition) is 2. The molecule has 0 aliphatic carbocycles. The first-order chi connectivity index (χ1) is 9.17. The molecule has 0 aliphatic rings. The average Bonchev–Trinajstić information content (AvgIpc) is 2.38. The summed E-state index contributed by atoms with van der Waals surface area (Å²) >= 11 is 0. The monoisotopic (exact) mass is 257 g/mol. The third kappa shape index (κ3) is 5.04. The van der Waals surface area contributed by atoms with E-state index < -0.39 is 0 Å². The van der Waals surface area contributed by atoms with Crippen LogP contribution in [0, 0.1) is 11.3 Å². The fourth-order valence-electron chi connectivity index (χ4n) is 1.46. The maximum absolute atomic E-state index is 11.4. The number of nitrogens with zero attached hydrogens (tertiary/aromatic N) is 1. The third-order valence-electron chi connectivity index (χ3n) is 2.30. The van der Waals surface area contributed by atoms with E-state index in [2.05, 4.69) is 10.6 Å². The second kappa shape index (κ2) is 7.67. The van der Waals surface area contributed by atoms with Crippen LogP contribution < -0.4 is 10.6 Å². The molecule has 1 rings (SSSR count). The number of nitrogens with one attached hydrogen (secondary N) is 2. The van der Waals surface area contributed by atoms with Gasteiger partial charge in [0.2, 0.25) is 11.8 Å². The van der Waals surface area contributed by atoms with Gasteiger partial charge in [-0.2, -0.15) is 5.26 Å². The summed E-state index contributed by atoms with van der Waals surface area (Å²) in [5, 5.41) is 13.8. The van der Waals surface area contributed by atoms with Gasteiger partial charge in [0.1, 0.15) is 6.42 Å². The van der Waals surface area contributed by atoms with Gasteiger partial charge >= 0.3 is 0 Å². The van der Waals surface area contributed by atoms with Crippen molar-refractivity contribution < 1.29 is 9.59 Å². The number of hydrogen-bond acceptors (Lipinski definition) is 3. The molecule has 98 valence electrons. The van der Waals surface area contributed by atoms with Gasteiger partial charge in [0.05, 0.1) is 6.07 Å². The van der Waals surface area contributed by atoms with E-state index in [1.807, 2.05) is 6.07 Å². The van der Waals surface area contributed by atoms with Gasteiger partial charge in [0.25, 0.3) is 0 Å². The summed E-state index contributed by atoms with van der Waals surface area (Å²) in [5.74, 6) is -0.560. The second-order valence-electron chi connectivity index (χ2n) is 3.76. The fraction of sp³-hybridized carbons (Fsp3) is 0.214. The van der Waals surface area contributed by atoms with Gasteiger partial charge < -0.3 is 10.6 Å². The van der Waals surface area contributed by atoms with E-state index >= 15 is 0 Å². The minimum atomic E-state index is -0.366. The van der Waals surface area contributed by atoms with Crippen LogP contribution in [-0.2, 0) is 16.1 Å². The number of anilines is 1. The van der Waals surface area contributed by atoms with Crippen molar-refractivity contribution in [2.75, 3.05) is 5.32 Å². The van der Waals surface area contributed by atoms with Gasteiger partial charge in [-0.05, 0) is 24.6 Å². The van der Waals surface area contributed by atoms with Crippen LogP contribution in [0.25, 0.3) is 0 Å². The average molecular weight is 257 g/mol. The van der Waals surface area contributed by atoms with Crippen molar-refractivity contribution in [1.29, 1.82) is 5.26 Å². The van der Waals surface area contributed by atoms with Gasteiger partial charge in [0.15, 0.2) is 0 Å². The first kappa shape index (κ1) is 14.5. The van der Waals surface area contributed by atoms with Crippen molar-refractivity contribution in [3.05, 3.63) is 42.0 Å². The molecule has 0 aromatic heterocycles. The number of rotatable bonds is 5. The molecule has 1 aromatic carbocycles. The first-order valence-electron chi connectivity index (χ1n) is 5.82. The van der Waals surface area contributed by atoms with Crippen molar-refractivity contribution in [3.63, 3.8) is 0 Å². The summed E-state index contributed by atoms with van der Waals surface area (Å²) in [7, 11) is 0. The zero-order valence-electron chi connectivity index (χ0n) is 10.6. The molecular formula is C14H15N3O2. The molecule has 0 bridgehead atoms. The van der Waals surface area contributed by atoms with Gasteiger partial charge in [-0.3, -0.25) is 9.59 Å². The Hall–Kier alpha value is -2.61. The smallest absolute Gasteiger partial charge is 0.243 e. The molecule has 19 heavy (non-hydrogen) atoms. The highest BCUT2D eigenvalue weighted by atomic mass is 16.2. The lowest BCUT2D eigenvalue weighted by Crippen LogP contribution is -2.21. The van der Waals surface area contributed by atoms with Crippen LogP contribution in [0.1, 0.15) is 18.9 Å². The van der Waals surface area contributed by atoms with E-state index in [9.17, 15) is 9.59 Å². The summed E-state index contributed by atoms with van der Waals surface area (Å²) in [6.07, 6.45) is 2.88. The molecule has 5 nitrogen and oxygen atoms in total. The summed E-state index contributed by atoms with van der Waals surface area (Å²) < 4.78 is 0. The highest BCUT2D eigenvalue weighted by Crippen LogP contribution is 2.14. The Labute approximate surface area is 111 Å². The Morgan fingerprint density at radius 1 is 1.37 bits per heavy atom. The normalized spacial score (nSPS) is 9.89. The molecule has 2 amide bonds. The first-order valence-corrected chi connectivity index (χ1v) is 5.82. The highest BCUT2D eigenvalue weighted by molar-refractivity contribution is 5.93. The molecule has 0 spiro atoms. The summed E-state index contributed by atoms with van der Waals surface area (Å²) in [5.41, 5.74) is 1.38. The summed E-state index contributed by atoms with van der Waals surface area (Å²) in [6, 6.07) is 8.91. The molecule has 5 heteroatoms. The molecule has 0 heterocycles. The Kier molecular flexibility index (Phi) is 5.83. The van der Waals surface area contributed by atoms with Crippen LogP contribution in [0.5, 0.6) is 0 Å². The van der Waals surface area contributed by atoms with Gasteiger partial charge in [0, 0.05) is 12.2 Å². The molecule has 0 saturated heterocycles. The maximum Gasteiger partial charge on any atom is 0.243 e. The van der Waals surface area contributed by atoms with Crippen LogP contribution in [0.15, 0.2) is 36.4 Å². The van der Waals surface area contributed by atoms with E-state index in [1.165, 1.54) is 6.08 Å². The van der Waals surface area contributed by atoms with Crippen LogP contribution in [0.3, 0.4) is 0 Å². The fourth-order valence-corrected chi connectivity index (χ4v) is 1.46. The molecule has 1 aromatic rings. The van der Waals surface area contributed by atoms with E-state index in [1.54, 1.807) is 37.3 Å². The quantitative estimate of drug-likeness (QED) is 0.788. The molecule has 0 unspecified atom stereocenters. The number of para-hydroxylation sites is 1. The van der Waals surface area contributed by atoms with E-state index in [0.29, 0.717) is 12.2 Å². The molecule has 0 atom stereocenters. The number of benzene rings is 1. The maximum atomic E-state index is 11.4. The lowest BCUT2D eigenvalue weighted by atomic mass is 10.1. The number of carbonyl (C=O) groups is 2. The molecule has 2 N–H and O–H groups in total.